The SMILES string of the molecule is CCNc1nc(NCc2ccc(CC)s2)c(F)cc1F. The first-order valence-corrected chi connectivity index (χ1v) is 7.37. The average molecular weight is 297 g/mol. The maximum atomic E-state index is 13.7. The van der Waals surface area contributed by atoms with Crippen LogP contribution in [-0.4, -0.2) is 11.5 Å². The van der Waals surface area contributed by atoms with Gasteiger partial charge in [0.25, 0.3) is 0 Å². The summed E-state index contributed by atoms with van der Waals surface area (Å²) in [6, 6.07) is 4.91. The zero-order valence-electron chi connectivity index (χ0n) is 11.5. The molecule has 20 heavy (non-hydrogen) atoms. The molecule has 0 saturated heterocycles. The van der Waals surface area contributed by atoms with E-state index in [0.717, 1.165) is 17.4 Å². The Labute approximate surface area is 121 Å². The van der Waals surface area contributed by atoms with Crippen LogP contribution in [-0.2, 0) is 13.0 Å². The largest absolute Gasteiger partial charge is 0.368 e. The zero-order valence-corrected chi connectivity index (χ0v) is 12.3. The smallest absolute Gasteiger partial charge is 0.168 e. The second-order valence-electron chi connectivity index (χ2n) is 4.25. The summed E-state index contributed by atoms with van der Waals surface area (Å²) in [6.07, 6.45) is 0.985. The fourth-order valence-corrected chi connectivity index (χ4v) is 2.66. The van der Waals surface area contributed by atoms with Gasteiger partial charge in [0.15, 0.2) is 23.3 Å². The number of hydrogen-bond donors (Lipinski definition) is 2. The van der Waals surface area contributed by atoms with Gasteiger partial charge in [0, 0.05) is 22.4 Å². The molecule has 0 bridgehead atoms. The van der Waals surface area contributed by atoms with Crippen molar-refractivity contribution in [2.75, 3.05) is 17.2 Å². The summed E-state index contributed by atoms with van der Waals surface area (Å²) < 4.78 is 27.1. The fourth-order valence-electron chi connectivity index (χ4n) is 1.76. The molecule has 6 heteroatoms. The molecule has 0 radical (unpaired) electrons. The van der Waals surface area contributed by atoms with Crippen LogP contribution in [0.15, 0.2) is 18.2 Å². The second kappa shape index (κ2) is 6.65. The molecule has 0 aliphatic carbocycles. The summed E-state index contributed by atoms with van der Waals surface area (Å²) in [6.45, 7) is 4.92. The van der Waals surface area contributed by atoms with E-state index in [4.69, 9.17) is 0 Å². The topological polar surface area (TPSA) is 37.0 Å². The number of nitrogens with one attached hydrogen (secondary N) is 2. The van der Waals surface area contributed by atoms with E-state index >= 15 is 0 Å². The number of thiophene rings is 1. The van der Waals surface area contributed by atoms with E-state index in [0.29, 0.717) is 13.1 Å². The first kappa shape index (κ1) is 14.7. The third kappa shape index (κ3) is 3.45. The van der Waals surface area contributed by atoms with Gasteiger partial charge in [-0.15, -0.1) is 11.3 Å². The Balaban J connectivity index is 2.10. The van der Waals surface area contributed by atoms with Crippen LogP contribution < -0.4 is 10.6 Å². The molecule has 0 unspecified atom stereocenters. The quantitative estimate of drug-likeness (QED) is 0.845. The van der Waals surface area contributed by atoms with Gasteiger partial charge in [0.05, 0.1) is 6.54 Å². The van der Waals surface area contributed by atoms with Crippen LogP contribution in [0.5, 0.6) is 0 Å². The van der Waals surface area contributed by atoms with Crippen molar-refractivity contribution in [2.45, 2.75) is 26.8 Å². The third-order valence-corrected chi connectivity index (χ3v) is 4.00. The highest BCUT2D eigenvalue weighted by molar-refractivity contribution is 7.12. The molecule has 3 nitrogen and oxygen atoms in total. The van der Waals surface area contributed by atoms with Crippen LogP contribution in [0.2, 0.25) is 0 Å². The first-order valence-electron chi connectivity index (χ1n) is 6.55. The lowest BCUT2D eigenvalue weighted by molar-refractivity contribution is 0.578. The molecule has 108 valence electrons. The van der Waals surface area contributed by atoms with E-state index in [2.05, 4.69) is 28.6 Å². The Kier molecular flexibility index (Phi) is 4.89. The van der Waals surface area contributed by atoms with Crippen LogP contribution in [0, 0.1) is 11.6 Å². The average Bonchev–Trinajstić information content (AvgIpc) is 2.88. The van der Waals surface area contributed by atoms with Gasteiger partial charge in [-0.2, -0.15) is 0 Å². The molecular formula is C14H17F2N3S. The molecule has 2 rings (SSSR count). The molecule has 2 aromatic rings. The fraction of sp³-hybridized carbons (Fsp3) is 0.357. The molecule has 2 heterocycles. The van der Waals surface area contributed by atoms with Gasteiger partial charge in [0.2, 0.25) is 0 Å². The first-order chi connectivity index (χ1) is 9.63. The predicted octanol–water partition coefficient (Wildman–Crippen LogP) is 4.03. The number of anilines is 2. The van der Waals surface area contributed by atoms with Crippen molar-refractivity contribution >= 4 is 23.0 Å². The number of hydrogen-bond acceptors (Lipinski definition) is 4. The van der Waals surface area contributed by atoms with Gasteiger partial charge in [-0.3, -0.25) is 0 Å². The van der Waals surface area contributed by atoms with Crippen molar-refractivity contribution in [3.63, 3.8) is 0 Å². The van der Waals surface area contributed by atoms with Gasteiger partial charge < -0.3 is 10.6 Å². The number of nitrogens with zero attached hydrogens (tertiary/aromatic N) is 1. The van der Waals surface area contributed by atoms with Crippen molar-refractivity contribution in [2.24, 2.45) is 0 Å². The molecule has 0 aliphatic rings. The van der Waals surface area contributed by atoms with Crippen molar-refractivity contribution < 1.29 is 8.78 Å². The van der Waals surface area contributed by atoms with Gasteiger partial charge in [-0.05, 0) is 25.5 Å². The van der Waals surface area contributed by atoms with Crippen molar-refractivity contribution in [3.8, 4) is 0 Å². The molecule has 0 saturated carbocycles. The number of aryl methyl sites for hydroxylation is 1. The minimum atomic E-state index is -0.684. The van der Waals surface area contributed by atoms with Crippen LogP contribution in [0.1, 0.15) is 23.6 Å². The van der Waals surface area contributed by atoms with Gasteiger partial charge in [0.1, 0.15) is 0 Å². The maximum absolute atomic E-state index is 13.7. The third-order valence-electron chi connectivity index (χ3n) is 2.77. The van der Waals surface area contributed by atoms with E-state index in [1.54, 1.807) is 11.3 Å². The molecule has 0 amide bonds. The predicted molar refractivity (Wildman–Crippen MR) is 79.3 cm³/mol. The van der Waals surface area contributed by atoms with Gasteiger partial charge >= 0.3 is 0 Å². The van der Waals surface area contributed by atoms with E-state index in [1.165, 1.54) is 4.88 Å². The Bertz CT molecular complexity index is 584. The van der Waals surface area contributed by atoms with E-state index in [1.807, 2.05) is 13.0 Å². The molecule has 0 atom stereocenters. The van der Waals surface area contributed by atoms with Crippen molar-refractivity contribution in [3.05, 3.63) is 39.6 Å². The van der Waals surface area contributed by atoms with Crippen molar-refractivity contribution in [1.29, 1.82) is 0 Å². The lowest BCUT2D eigenvalue weighted by Gasteiger charge is -2.09. The van der Waals surface area contributed by atoms with Crippen LogP contribution >= 0.6 is 11.3 Å². The van der Waals surface area contributed by atoms with E-state index < -0.39 is 11.6 Å². The maximum Gasteiger partial charge on any atom is 0.168 e. The summed E-state index contributed by atoms with van der Waals surface area (Å²) in [5.41, 5.74) is 0. The number of pyridine rings is 1. The molecule has 2 aromatic heterocycles. The molecule has 0 spiro atoms. The Morgan fingerprint density at radius 1 is 1.05 bits per heavy atom. The van der Waals surface area contributed by atoms with E-state index in [9.17, 15) is 8.78 Å². The summed E-state index contributed by atoms with van der Waals surface area (Å²) in [4.78, 5) is 6.31. The standard InChI is InChI=1S/C14H17F2N3S/c1-3-9-5-6-10(20-9)8-18-14-12(16)7-11(15)13(19-14)17-4-2/h5-7H,3-4,8H2,1-2H3,(H2,17,18,19). The second-order valence-corrected chi connectivity index (χ2v) is 5.51. The Morgan fingerprint density at radius 2 is 1.70 bits per heavy atom. The number of halogens is 2. The number of aromatic nitrogens is 1. The number of rotatable bonds is 6. The normalized spacial score (nSPS) is 10.6. The molecule has 2 N–H and O–H groups in total. The summed E-state index contributed by atoms with van der Waals surface area (Å²) in [5.74, 6) is -1.23. The molecular weight excluding hydrogens is 280 g/mol. The molecule has 0 aromatic carbocycles. The monoisotopic (exact) mass is 297 g/mol. The lowest BCUT2D eigenvalue weighted by Crippen LogP contribution is -2.08. The minimum Gasteiger partial charge on any atom is -0.368 e. The van der Waals surface area contributed by atoms with E-state index in [-0.39, 0.29) is 11.6 Å². The lowest BCUT2D eigenvalue weighted by atomic mass is 10.3. The zero-order chi connectivity index (χ0) is 14.5. The summed E-state index contributed by atoms with van der Waals surface area (Å²) >= 11 is 1.67. The highest BCUT2D eigenvalue weighted by atomic mass is 32.1. The summed E-state index contributed by atoms with van der Waals surface area (Å²) in [5, 5.41) is 5.67. The molecule has 0 aliphatic heterocycles. The van der Waals surface area contributed by atoms with Crippen LogP contribution in [0.3, 0.4) is 0 Å². The van der Waals surface area contributed by atoms with Crippen molar-refractivity contribution in [1.82, 2.24) is 4.98 Å². The summed E-state index contributed by atoms with van der Waals surface area (Å²) in [7, 11) is 0. The Hall–Kier alpha value is -1.69. The highest BCUT2D eigenvalue weighted by Gasteiger charge is 2.11. The molecule has 0 fully saturated rings. The highest BCUT2D eigenvalue weighted by Crippen LogP contribution is 2.21. The minimum absolute atomic E-state index is 0.0637. The van der Waals surface area contributed by atoms with Gasteiger partial charge in [-0.25, -0.2) is 13.8 Å². The van der Waals surface area contributed by atoms with Gasteiger partial charge in [-0.1, -0.05) is 6.92 Å². The Morgan fingerprint density at radius 3 is 2.30 bits per heavy atom. The van der Waals surface area contributed by atoms with Crippen LogP contribution in [0.4, 0.5) is 20.4 Å². The van der Waals surface area contributed by atoms with Crippen LogP contribution in [0.25, 0.3) is 0 Å².